The Bertz CT molecular complexity index is 469. The molecule has 0 aromatic heterocycles. The summed E-state index contributed by atoms with van der Waals surface area (Å²) in [4.78, 5) is 21.5. The fourth-order valence-electron chi connectivity index (χ4n) is 1.46. The first kappa shape index (κ1) is 15.9. The number of para-hydroxylation sites is 1. The summed E-state index contributed by atoms with van der Waals surface area (Å²) in [5.41, 5.74) is -1.18. The summed E-state index contributed by atoms with van der Waals surface area (Å²) in [6, 6.07) is 8.84. The van der Waals surface area contributed by atoms with Crippen LogP contribution in [0, 0.1) is 0 Å². The van der Waals surface area contributed by atoms with Gasteiger partial charge in [-0.05, 0) is 32.9 Å². The van der Waals surface area contributed by atoms with Gasteiger partial charge in [-0.3, -0.25) is 9.36 Å². The SMILES string of the molecule is CCOP(=O)(O)CC(=O)C(C)(C)Oc1ccccc1. The Labute approximate surface area is 113 Å². The maximum absolute atomic E-state index is 12.0. The smallest absolute Gasteiger partial charge is 0.335 e. The Hall–Kier alpha value is -1.16. The molecule has 0 spiro atoms. The van der Waals surface area contributed by atoms with E-state index >= 15 is 0 Å². The van der Waals surface area contributed by atoms with Gasteiger partial charge in [-0.15, -0.1) is 0 Å². The van der Waals surface area contributed by atoms with Crippen molar-refractivity contribution in [3.8, 4) is 5.75 Å². The van der Waals surface area contributed by atoms with Crippen LogP contribution < -0.4 is 4.74 Å². The van der Waals surface area contributed by atoms with E-state index in [1.54, 1.807) is 45.0 Å². The normalized spacial score (nSPS) is 14.7. The molecule has 0 heterocycles. The average Bonchev–Trinajstić information content (AvgIpc) is 2.28. The summed E-state index contributed by atoms with van der Waals surface area (Å²) in [5, 5.41) is 0. The van der Waals surface area contributed by atoms with Crippen molar-refractivity contribution in [2.75, 3.05) is 12.8 Å². The van der Waals surface area contributed by atoms with Crippen LogP contribution in [0.15, 0.2) is 30.3 Å². The Kier molecular flexibility index (Phi) is 5.29. The van der Waals surface area contributed by atoms with Gasteiger partial charge in [0.15, 0.2) is 11.4 Å². The first-order chi connectivity index (χ1) is 8.77. The van der Waals surface area contributed by atoms with Gasteiger partial charge in [0.1, 0.15) is 11.9 Å². The van der Waals surface area contributed by atoms with E-state index in [9.17, 15) is 14.3 Å². The van der Waals surface area contributed by atoms with E-state index in [0.717, 1.165) is 0 Å². The molecule has 1 aromatic carbocycles. The quantitative estimate of drug-likeness (QED) is 0.780. The molecule has 0 fully saturated rings. The minimum atomic E-state index is -3.88. The second kappa shape index (κ2) is 6.33. The number of Topliss-reactive ketones (excluding diaryl/α,β-unsaturated/α-hetero) is 1. The number of hydrogen-bond acceptors (Lipinski definition) is 4. The summed E-state index contributed by atoms with van der Waals surface area (Å²) >= 11 is 0. The molecule has 0 aliphatic carbocycles. The maximum atomic E-state index is 12.0. The van der Waals surface area contributed by atoms with Crippen molar-refractivity contribution >= 4 is 13.4 Å². The van der Waals surface area contributed by atoms with Crippen LogP contribution in [0.3, 0.4) is 0 Å². The van der Waals surface area contributed by atoms with Crippen LogP contribution in [-0.4, -0.2) is 29.0 Å². The summed E-state index contributed by atoms with van der Waals surface area (Å²) in [5.74, 6) is 0.0562. The minimum absolute atomic E-state index is 0.0844. The Morgan fingerprint density at radius 1 is 1.32 bits per heavy atom. The number of ketones is 1. The van der Waals surface area contributed by atoms with E-state index in [1.807, 2.05) is 6.07 Å². The van der Waals surface area contributed by atoms with Gasteiger partial charge < -0.3 is 14.2 Å². The van der Waals surface area contributed by atoms with Crippen molar-refractivity contribution in [1.82, 2.24) is 0 Å². The fraction of sp³-hybridized carbons (Fsp3) is 0.462. The topological polar surface area (TPSA) is 72.8 Å². The van der Waals surface area contributed by atoms with Crippen molar-refractivity contribution in [2.24, 2.45) is 0 Å². The van der Waals surface area contributed by atoms with E-state index in [4.69, 9.17) is 4.74 Å². The van der Waals surface area contributed by atoms with Crippen LogP contribution in [0.2, 0.25) is 0 Å². The predicted octanol–water partition coefficient (Wildman–Crippen LogP) is 2.64. The monoisotopic (exact) mass is 286 g/mol. The summed E-state index contributed by atoms with van der Waals surface area (Å²) < 4.78 is 21.8. The second-order valence-corrected chi connectivity index (χ2v) is 6.41. The summed E-state index contributed by atoms with van der Waals surface area (Å²) in [6.07, 6.45) is -0.555. The molecule has 1 unspecified atom stereocenters. The van der Waals surface area contributed by atoms with Gasteiger partial charge in [0, 0.05) is 0 Å². The molecular weight excluding hydrogens is 267 g/mol. The third-order valence-corrected chi connectivity index (χ3v) is 3.81. The molecule has 1 N–H and O–H groups in total. The minimum Gasteiger partial charge on any atom is -0.480 e. The molecule has 19 heavy (non-hydrogen) atoms. The molecule has 1 rings (SSSR count). The third-order valence-electron chi connectivity index (χ3n) is 2.46. The van der Waals surface area contributed by atoms with Crippen molar-refractivity contribution in [3.63, 3.8) is 0 Å². The molecule has 5 nitrogen and oxygen atoms in total. The second-order valence-electron chi connectivity index (χ2n) is 4.56. The van der Waals surface area contributed by atoms with Crippen LogP contribution in [0.4, 0.5) is 0 Å². The van der Waals surface area contributed by atoms with E-state index in [0.29, 0.717) is 5.75 Å². The lowest BCUT2D eigenvalue weighted by atomic mass is 10.1. The van der Waals surface area contributed by atoms with E-state index in [2.05, 4.69) is 4.52 Å². The van der Waals surface area contributed by atoms with Gasteiger partial charge in [-0.2, -0.15) is 0 Å². The first-order valence-electron chi connectivity index (χ1n) is 6.00. The molecule has 106 valence electrons. The Balaban J connectivity index is 2.72. The maximum Gasteiger partial charge on any atom is 0.335 e. The largest absolute Gasteiger partial charge is 0.480 e. The lowest BCUT2D eigenvalue weighted by Crippen LogP contribution is -2.40. The average molecular weight is 286 g/mol. The van der Waals surface area contributed by atoms with Crippen LogP contribution >= 0.6 is 7.60 Å². The van der Waals surface area contributed by atoms with Gasteiger partial charge in [0.25, 0.3) is 0 Å². The fourth-order valence-corrected chi connectivity index (χ4v) is 2.70. The molecule has 0 saturated heterocycles. The molecule has 0 bridgehead atoms. The molecule has 0 amide bonds. The first-order valence-corrected chi connectivity index (χ1v) is 7.77. The van der Waals surface area contributed by atoms with Crippen LogP contribution in [0.5, 0.6) is 5.75 Å². The molecule has 0 radical (unpaired) electrons. The summed E-state index contributed by atoms with van der Waals surface area (Å²) in [7, 11) is -3.88. The van der Waals surface area contributed by atoms with E-state index in [-0.39, 0.29) is 6.61 Å². The third kappa shape index (κ3) is 5.15. The molecular formula is C13H19O5P. The molecule has 1 atom stereocenters. The highest BCUT2D eigenvalue weighted by atomic mass is 31.2. The molecule has 0 aliphatic heterocycles. The lowest BCUT2D eigenvalue weighted by molar-refractivity contribution is -0.129. The zero-order valence-corrected chi connectivity index (χ0v) is 12.2. The van der Waals surface area contributed by atoms with E-state index in [1.165, 1.54) is 0 Å². The number of hydrogen-bond donors (Lipinski definition) is 1. The number of rotatable bonds is 7. The van der Waals surface area contributed by atoms with Gasteiger partial charge in [-0.1, -0.05) is 18.2 Å². The number of carbonyl (C=O) groups is 1. The van der Waals surface area contributed by atoms with Crippen molar-refractivity contribution in [2.45, 2.75) is 26.4 Å². The highest BCUT2D eigenvalue weighted by Gasteiger charge is 2.35. The van der Waals surface area contributed by atoms with Gasteiger partial charge in [0.2, 0.25) is 0 Å². The number of carbonyl (C=O) groups excluding carboxylic acids is 1. The van der Waals surface area contributed by atoms with Crippen LogP contribution in [0.1, 0.15) is 20.8 Å². The highest BCUT2D eigenvalue weighted by molar-refractivity contribution is 7.53. The van der Waals surface area contributed by atoms with Crippen molar-refractivity contribution in [1.29, 1.82) is 0 Å². The molecule has 1 aromatic rings. The van der Waals surface area contributed by atoms with Crippen molar-refractivity contribution < 1.29 is 23.5 Å². The standard InChI is InChI=1S/C13H19O5P/c1-4-17-19(15,16)10-12(14)13(2,3)18-11-8-6-5-7-9-11/h5-9H,4,10H2,1-3H3,(H,15,16). The number of benzene rings is 1. The predicted molar refractivity (Wildman–Crippen MR) is 72.5 cm³/mol. The Morgan fingerprint density at radius 2 is 1.89 bits per heavy atom. The number of ether oxygens (including phenoxy) is 1. The lowest BCUT2D eigenvalue weighted by Gasteiger charge is -2.25. The van der Waals surface area contributed by atoms with Gasteiger partial charge in [0.05, 0.1) is 6.61 Å². The van der Waals surface area contributed by atoms with Crippen LogP contribution in [-0.2, 0) is 13.9 Å². The van der Waals surface area contributed by atoms with Gasteiger partial charge >= 0.3 is 7.60 Å². The van der Waals surface area contributed by atoms with Gasteiger partial charge in [-0.25, -0.2) is 0 Å². The molecule has 6 heteroatoms. The van der Waals surface area contributed by atoms with Crippen molar-refractivity contribution in [3.05, 3.63) is 30.3 Å². The Morgan fingerprint density at radius 3 is 2.42 bits per heavy atom. The summed E-state index contributed by atoms with van der Waals surface area (Å²) in [6.45, 7) is 4.81. The molecule has 0 saturated carbocycles. The van der Waals surface area contributed by atoms with Crippen LogP contribution in [0.25, 0.3) is 0 Å². The molecule has 0 aliphatic rings. The zero-order valence-electron chi connectivity index (χ0n) is 11.3. The van der Waals surface area contributed by atoms with E-state index < -0.39 is 25.1 Å². The highest BCUT2D eigenvalue weighted by Crippen LogP contribution is 2.42. The zero-order chi connectivity index (χ0) is 14.5.